The van der Waals surface area contributed by atoms with E-state index in [1.54, 1.807) is 12.1 Å². The summed E-state index contributed by atoms with van der Waals surface area (Å²) in [6.07, 6.45) is 0. The Balaban J connectivity index is 1.57. The fourth-order valence-electron chi connectivity index (χ4n) is 2.94. The number of carbonyl (C=O) groups excluding carboxylic acids is 1. The Bertz CT molecular complexity index is 1130. The summed E-state index contributed by atoms with van der Waals surface area (Å²) >= 11 is 3.37. The van der Waals surface area contributed by atoms with Gasteiger partial charge in [-0.25, -0.2) is 4.98 Å². The first-order valence-electron chi connectivity index (χ1n) is 9.07. The van der Waals surface area contributed by atoms with Crippen molar-refractivity contribution in [2.45, 2.75) is 19.8 Å². The summed E-state index contributed by atoms with van der Waals surface area (Å²) in [5.74, 6) is 0.885. The zero-order chi connectivity index (χ0) is 19.7. The lowest BCUT2D eigenvalue weighted by molar-refractivity contribution is 0.102. The van der Waals surface area contributed by atoms with Gasteiger partial charge in [-0.15, -0.1) is 0 Å². The maximum absolute atomic E-state index is 12.4. The highest BCUT2D eigenvalue weighted by Gasteiger charge is 2.11. The van der Waals surface area contributed by atoms with Gasteiger partial charge < -0.3 is 9.73 Å². The number of nitrogens with one attached hydrogen (secondary N) is 1. The maximum atomic E-state index is 12.4. The van der Waals surface area contributed by atoms with Gasteiger partial charge in [-0.05, 0) is 66.1 Å². The molecule has 0 saturated heterocycles. The van der Waals surface area contributed by atoms with Crippen molar-refractivity contribution < 1.29 is 9.21 Å². The molecular weight excluding hydrogens is 416 g/mol. The van der Waals surface area contributed by atoms with E-state index in [1.807, 2.05) is 42.5 Å². The molecule has 0 saturated carbocycles. The normalized spacial score (nSPS) is 11.1. The van der Waals surface area contributed by atoms with Crippen molar-refractivity contribution >= 4 is 38.6 Å². The highest BCUT2D eigenvalue weighted by Crippen LogP contribution is 2.27. The number of aromatic nitrogens is 1. The zero-order valence-electron chi connectivity index (χ0n) is 15.6. The fraction of sp³-hybridized carbons (Fsp3) is 0.130. The predicted octanol–water partition coefficient (Wildman–Crippen LogP) is 6.63. The standard InChI is InChI=1S/C23H19BrN2O2/c1-14(2)15-3-5-17(6-4-15)23-26-20-13-19(11-12-21(20)28-23)25-22(27)16-7-9-18(24)10-8-16/h3-14H,1-2H3,(H,25,27). The van der Waals surface area contributed by atoms with E-state index in [-0.39, 0.29) is 5.91 Å². The topological polar surface area (TPSA) is 55.1 Å². The molecule has 5 heteroatoms. The number of oxazole rings is 1. The van der Waals surface area contributed by atoms with E-state index in [4.69, 9.17) is 4.42 Å². The van der Waals surface area contributed by atoms with E-state index in [2.05, 4.69) is 52.2 Å². The SMILES string of the molecule is CC(C)c1ccc(-c2nc3cc(NC(=O)c4ccc(Br)cc4)ccc3o2)cc1. The Hall–Kier alpha value is -2.92. The molecule has 0 bridgehead atoms. The molecule has 1 aromatic heterocycles. The number of amides is 1. The Labute approximate surface area is 171 Å². The summed E-state index contributed by atoms with van der Waals surface area (Å²) in [5.41, 5.74) is 4.87. The summed E-state index contributed by atoms with van der Waals surface area (Å²) in [5, 5.41) is 2.90. The van der Waals surface area contributed by atoms with Crippen molar-refractivity contribution in [3.8, 4) is 11.5 Å². The Morgan fingerprint density at radius 2 is 1.71 bits per heavy atom. The van der Waals surface area contributed by atoms with E-state index in [0.717, 1.165) is 10.0 Å². The Morgan fingerprint density at radius 1 is 1.00 bits per heavy atom. The highest BCUT2D eigenvalue weighted by molar-refractivity contribution is 9.10. The molecule has 0 aliphatic carbocycles. The molecule has 0 unspecified atom stereocenters. The summed E-state index contributed by atoms with van der Waals surface area (Å²) in [7, 11) is 0. The Morgan fingerprint density at radius 3 is 2.39 bits per heavy atom. The monoisotopic (exact) mass is 434 g/mol. The number of fused-ring (bicyclic) bond motifs is 1. The summed E-state index contributed by atoms with van der Waals surface area (Å²) in [6, 6.07) is 20.9. The number of anilines is 1. The lowest BCUT2D eigenvalue weighted by Crippen LogP contribution is -2.11. The number of carbonyl (C=O) groups is 1. The fourth-order valence-corrected chi connectivity index (χ4v) is 3.21. The summed E-state index contributed by atoms with van der Waals surface area (Å²) in [6.45, 7) is 4.33. The largest absolute Gasteiger partial charge is 0.436 e. The van der Waals surface area contributed by atoms with E-state index in [0.29, 0.717) is 34.2 Å². The van der Waals surface area contributed by atoms with Gasteiger partial charge in [0.05, 0.1) is 0 Å². The number of halogens is 1. The van der Waals surface area contributed by atoms with Crippen LogP contribution in [0.25, 0.3) is 22.6 Å². The molecule has 140 valence electrons. The molecule has 1 heterocycles. The van der Waals surface area contributed by atoms with Gasteiger partial charge >= 0.3 is 0 Å². The first-order valence-corrected chi connectivity index (χ1v) is 9.87. The zero-order valence-corrected chi connectivity index (χ0v) is 17.2. The van der Waals surface area contributed by atoms with Crippen molar-refractivity contribution in [1.29, 1.82) is 0 Å². The van der Waals surface area contributed by atoms with Crippen LogP contribution in [0.5, 0.6) is 0 Å². The van der Waals surface area contributed by atoms with E-state index >= 15 is 0 Å². The average Bonchev–Trinajstić information content (AvgIpc) is 3.12. The van der Waals surface area contributed by atoms with Crippen molar-refractivity contribution in [3.63, 3.8) is 0 Å². The van der Waals surface area contributed by atoms with E-state index in [9.17, 15) is 4.79 Å². The van der Waals surface area contributed by atoms with Gasteiger partial charge in [0.15, 0.2) is 5.58 Å². The van der Waals surface area contributed by atoms with Gasteiger partial charge in [0, 0.05) is 21.3 Å². The van der Waals surface area contributed by atoms with Gasteiger partial charge in [0.1, 0.15) is 5.52 Å². The minimum atomic E-state index is -0.167. The van der Waals surface area contributed by atoms with Crippen LogP contribution in [0.3, 0.4) is 0 Å². The van der Waals surface area contributed by atoms with Gasteiger partial charge in [-0.3, -0.25) is 4.79 Å². The lowest BCUT2D eigenvalue weighted by atomic mass is 10.0. The summed E-state index contributed by atoms with van der Waals surface area (Å²) < 4.78 is 6.82. The van der Waals surface area contributed by atoms with Crippen LogP contribution in [0.1, 0.15) is 35.7 Å². The third kappa shape index (κ3) is 3.85. The smallest absolute Gasteiger partial charge is 0.255 e. The number of rotatable bonds is 4. The van der Waals surface area contributed by atoms with Crippen LogP contribution in [-0.2, 0) is 0 Å². The van der Waals surface area contributed by atoms with Crippen molar-refractivity contribution in [2.24, 2.45) is 0 Å². The van der Waals surface area contributed by atoms with Crippen LogP contribution in [0.4, 0.5) is 5.69 Å². The minimum Gasteiger partial charge on any atom is -0.436 e. The van der Waals surface area contributed by atoms with Crippen molar-refractivity contribution in [1.82, 2.24) is 4.98 Å². The number of benzene rings is 3. The van der Waals surface area contributed by atoms with Gasteiger partial charge in [-0.2, -0.15) is 0 Å². The second-order valence-corrected chi connectivity index (χ2v) is 7.85. The van der Waals surface area contributed by atoms with Gasteiger partial charge in [0.25, 0.3) is 5.91 Å². The molecule has 1 N–H and O–H groups in total. The molecule has 0 radical (unpaired) electrons. The quantitative estimate of drug-likeness (QED) is 0.391. The first-order chi connectivity index (χ1) is 13.5. The molecule has 0 aliphatic heterocycles. The van der Waals surface area contributed by atoms with Crippen LogP contribution < -0.4 is 5.32 Å². The molecule has 0 atom stereocenters. The molecule has 0 fully saturated rings. The van der Waals surface area contributed by atoms with Crippen LogP contribution in [0.15, 0.2) is 75.6 Å². The maximum Gasteiger partial charge on any atom is 0.255 e. The molecule has 1 amide bonds. The number of hydrogen-bond acceptors (Lipinski definition) is 3. The Kier molecular flexibility index (Phi) is 5.01. The molecule has 28 heavy (non-hydrogen) atoms. The molecular formula is C23H19BrN2O2. The van der Waals surface area contributed by atoms with Crippen LogP contribution in [0, 0.1) is 0 Å². The predicted molar refractivity (Wildman–Crippen MR) is 116 cm³/mol. The number of nitrogens with zero attached hydrogens (tertiary/aromatic N) is 1. The van der Waals surface area contributed by atoms with Gasteiger partial charge in [0.2, 0.25) is 5.89 Å². The summed E-state index contributed by atoms with van der Waals surface area (Å²) in [4.78, 5) is 17.0. The van der Waals surface area contributed by atoms with Gasteiger partial charge in [-0.1, -0.05) is 41.9 Å². The van der Waals surface area contributed by atoms with Crippen LogP contribution in [-0.4, -0.2) is 10.9 Å². The highest BCUT2D eigenvalue weighted by atomic mass is 79.9. The average molecular weight is 435 g/mol. The molecule has 0 aliphatic rings. The lowest BCUT2D eigenvalue weighted by Gasteiger charge is -2.05. The van der Waals surface area contributed by atoms with Crippen molar-refractivity contribution in [2.75, 3.05) is 5.32 Å². The van der Waals surface area contributed by atoms with Crippen LogP contribution >= 0.6 is 15.9 Å². The van der Waals surface area contributed by atoms with E-state index in [1.165, 1.54) is 5.56 Å². The molecule has 3 aromatic carbocycles. The second kappa shape index (κ2) is 7.60. The third-order valence-electron chi connectivity index (χ3n) is 4.58. The number of hydrogen-bond donors (Lipinski definition) is 1. The first kappa shape index (κ1) is 18.4. The minimum absolute atomic E-state index is 0.167. The molecule has 4 nitrogen and oxygen atoms in total. The second-order valence-electron chi connectivity index (χ2n) is 6.94. The van der Waals surface area contributed by atoms with Crippen molar-refractivity contribution in [3.05, 3.63) is 82.3 Å². The molecule has 4 aromatic rings. The van der Waals surface area contributed by atoms with Crippen LogP contribution in [0.2, 0.25) is 0 Å². The van der Waals surface area contributed by atoms with E-state index < -0.39 is 0 Å². The molecule has 4 rings (SSSR count). The molecule has 0 spiro atoms. The third-order valence-corrected chi connectivity index (χ3v) is 5.10.